The minimum Gasteiger partial charge on any atom is -0.478 e. The molecule has 100 valence electrons. The maximum atomic E-state index is 12.5. The van der Waals surface area contributed by atoms with Crippen LogP contribution in [0.4, 0.5) is 26.3 Å². The smallest absolute Gasteiger partial charge is 0.416 e. The molecule has 0 atom stereocenters. The molecule has 8 heteroatoms. The summed E-state index contributed by atoms with van der Waals surface area (Å²) >= 11 is 0. The zero-order valence-electron chi connectivity index (χ0n) is 8.56. The molecule has 0 heterocycles. The molecule has 0 saturated carbocycles. The fourth-order valence-electron chi connectivity index (χ4n) is 1.34. The van der Waals surface area contributed by atoms with Crippen molar-refractivity contribution in [2.75, 3.05) is 0 Å². The maximum absolute atomic E-state index is 12.5. The van der Waals surface area contributed by atoms with E-state index in [0.717, 1.165) is 0 Å². The number of aromatic carboxylic acids is 1. The van der Waals surface area contributed by atoms with Gasteiger partial charge in [-0.1, -0.05) is 6.07 Å². The first-order valence-electron chi connectivity index (χ1n) is 4.51. The van der Waals surface area contributed by atoms with Gasteiger partial charge in [-0.2, -0.15) is 26.3 Å². The van der Waals surface area contributed by atoms with Crippen molar-refractivity contribution in [3.8, 4) is 0 Å². The highest BCUT2D eigenvalue weighted by atomic mass is 19.4. The number of benzene rings is 1. The van der Waals surface area contributed by atoms with Gasteiger partial charge in [-0.15, -0.1) is 0 Å². The van der Waals surface area contributed by atoms with Gasteiger partial charge in [0.15, 0.2) is 0 Å². The molecule has 0 aliphatic rings. The summed E-state index contributed by atoms with van der Waals surface area (Å²) < 4.78 is 73.8. The van der Waals surface area contributed by atoms with Crippen molar-refractivity contribution >= 4 is 5.97 Å². The molecule has 0 spiro atoms. The van der Waals surface area contributed by atoms with Gasteiger partial charge in [0.05, 0.1) is 17.5 Å². The Hall–Kier alpha value is -1.73. The Morgan fingerprint density at radius 2 is 1.67 bits per heavy atom. The number of rotatable bonds is 2. The van der Waals surface area contributed by atoms with Gasteiger partial charge in [0.1, 0.15) is 0 Å². The molecule has 0 aliphatic carbocycles. The van der Waals surface area contributed by atoms with E-state index in [9.17, 15) is 31.1 Å². The Kier molecular flexibility index (Phi) is 3.59. The summed E-state index contributed by atoms with van der Waals surface area (Å²) in [5.41, 5.74) is -3.30. The third-order valence-corrected chi connectivity index (χ3v) is 2.05. The van der Waals surface area contributed by atoms with E-state index in [1.54, 1.807) is 0 Å². The van der Waals surface area contributed by atoms with Crippen molar-refractivity contribution in [1.82, 2.24) is 0 Å². The molecule has 0 aliphatic heterocycles. The molecule has 0 radical (unpaired) electrons. The van der Waals surface area contributed by atoms with Crippen LogP contribution in [0.3, 0.4) is 0 Å². The van der Waals surface area contributed by atoms with Crippen LogP contribution >= 0.6 is 0 Å². The lowest BCUT2D eigenvalue weighted by atomic mass is 10.0. The zero-order valence-corrected chi connectivity index (χ0v) is 8.56. The van der Waals surface area contributed by atoms with Gasteiger partial charge in [-0.25, -0.2) is 4.79 Å². The van der Waals surface area contributed by atoms with Crippen LogP contribution < -0.4 is 0 Å². The van der Waals surface area contributed by atoms with Gasteiger partial charge in [0.2, 0.25) is 0 Å². The topological polar surface area (TPSA) is 37.3 Å². The molecular weight excluding hydrogens is 266 g/mol. The molecular formula is C10H6F6O2. The minimum atomic E-state index is -5.04. The van der Waals surface area contributed by atoms with Crippen molar-refractivity contribution in [3.05, 3.63) is 34.9 Å². The second kappa shape index (κ2) is 4.51. The van der Waals surface area contributed by atoms with E-state index in [-0.39, 0.29) is 6.07 Å². The van der Waals surface area contributed by atoms with Crippen molar-refractivity contribution in [2.24, 2.45) is 0 Å². The van der Waals surface area contributed by atoms with Gasteiger partial charge >= 0.3 is 18.3 Å². The third-order valence-electron chi connectivity index (χ3n) is 2.05. The highest BCUT2D eigenvalue weighted by Gasteiger charge is 2.38. The molecule has 0 unspecified atom stereocenters. The van der Waals surface area contributed by atoms with Crippen LogP contribution in [0.25, 0.3) is 0 Å². The maximum Gasteiger partial charge on any atom is 0.416 e. The van der Waals surface area contributed by atoms with E-state index in [1.807, 2.05) is 0 Å². The van der Waals surface area contributed by atoms with Crippen LogP contribution in [0.1, 0.15) is 21.5 Å². The van der Waals surface area contributed by atoms with Crippen molar-refractivity contribution in [1.29, 1.82) is 0 Å². The molecule has 18 heavy (non-hydrogen) atoms. The number of halogens is 6. The Morgan fingerprint density at radius 3 is 2.06 bits per heavy atom. The quantitative estimate of drug-likeness (QED) is 0.836. The Labute approximate surface area is 96.8 Å². The third kappa shape index (κ3) is 3.64. The lowest BCUT2D eigenvalue weighted by molar-refractivity contribution is -0.143. The lowest BCUT2D eigenvalue weighted by Crippen LogP contribution is -2.18. The zero-order chi connectivity index (χ0) is 14.1. The Balaban J connectivity index is 3.30. The van der Waals surface area contributed by atoms with Crippen molar-refractivity contribution < 1.29 is 36.2 Å². The van der Waals surface area contributed by atoms with Gasteiger partial charge < -0.3 is 5.11 Å². The highest BCUT2D eigenvalue weighted by molar-refractivity contribution is 5.88. The SMILES string of the molecule is O=C(O)c1ccc(CC(F)(F)F)c(C(F)(F)F)c1. The Morgan fingerprint density at radius 1 is 1.11 bits per heavy atom. The second-order valence-electron chi connectivity index (χ2n) is 3.47. The monoisotopic (exact) mass is 272 g/mol. The van der Waals surface area contributed by atoms with Crippen molar-refractivity contribution in [3.63, 3.8) is 0 Å². The van der Waals surface area contributed by atoms with Crippen molar-refractivity contribution in [2.45, 2.75) is 18.8 Å². The molecule has 1 N–H and O–H groups in total. The number of carboxylic acid groups (broad SMARTS) is 1. The number of carbonyl (C=O) groups is 1. The molecule has 0 bridgehead atoms. The molecule has 1 aromatic carbocycles. The fraction of sp³-hybridized carbons (Fsp3) is 0.300. The van der Waals surface area contributed by atoms with Crippen LogP contribution in [-0.4, -0.2) is 17.3 Å². The molecule has 0 amide bonds. The van der Waals surface area contributed by atoms with E-state index in [2.05, 4.69) is 0 Å². The van der Waals surface area contributed by atoms with E-state index in [0.29, 0.717) is 12.1 Å². The summed E-state index contributed by atoms with van der Waals surface area (Å²) in [5, 5.41) is 8.51. The van der Waals surface area contributed by atoms with Gasteiger partial charge in [0, 0.05) is 0 Å². The number of carboxylic acids is 1. The van der Waals surface area contributed by atoms with E-state index in [4.69, 9.17) is 5.11 Å². The van der Waals surface area contributed by atoms with Crippen LogP contribution in [0.15, 0.2) is 18.2 Å². The lowest BCUT2D eigenvalue weighted by Gasteiger charge is -2.14. The van der Waals surface area contributed by atoms with Crippen LogP contribution in [0.2, 0.25) is 0 Å². The summed E-state index contributed by atoms with van der Waals surface area (Å²) in [6, 6.07) is 1.43. The van der Waals surface area contributed by atoms with E-state index in [1.165, 1.54) is 0 Å². The molecule has 0 saturated heterocycles. The first-order chi connectivity index (χ1) is 8.00. The summed E-state index contributed by atoms with van der Waals surface area (Å²) in [5.74, 6) is -1.64. The van der Waals surface area contributed by atoms with Gasteiger partial charge in [-0.05, 0) is 17.7 Å². The van der Waals surface area contributed by atoms with E-state index < -0.39 is 41.4 Å². The normalized spacial score (nSPS) is 12.6. The predicted octanol–water partition coefficient (Wildman–Crippen LogP) is 3.51. The summed E-state index contributed by atoms with van der Waals surface area (Å²) in [6.07, 6.45) is -11.6. The van der Waals surface area contributed by atoms with Gasteiger partial charge in [0.25, 0.3) is 0 Å². The molecule has 0 aromatic heterocycles. The second-order valence-corrected chi connectivity index (χ2v) is 3.47. The summed E-state index contributed by atoms with van der Waals surface area (Å²) in [6.45, 7) is 0. The average Bonchev–Trinajstić information content (AvgIpc) is 2.13. The average molecular weight is 272 g/mol. The summed E-state index contributed by atoms with van der Waals surface area (Å²) in [7, 11) is 0. The first kappa shape index (κ1) is 14.3. The number of hydrogen-bond acceptors (Lipinski definition) is 1. The standard InChI is InChI=1S/C10H6F6O2/c11-9(12,13)4-6-2-1-5(8(17)18)3-7(6)10(14,15)16/h1-3H,4H2,(H,17,18). The van der Waals surface area contributed by atoms with Gasteiger partial charge in [-0.3, -0.25) is 0 Å². The largest absolute Gasteiger partial charge is 0.478 e. The van der Waals surface area contributed by atoms with Crippen LogP contribution in [0, 0.1) is 0 Å². The Bertz CT molecular complexity index is 460. The minimum absolute atomic E-state index is 0.198. The first-order valence-corrected chi connectivity index (χ1v) is 4.51. The molecule has 2 nitrogen and oxygen atoms in total. The van der Waals surface area contributed by atoms with Crippen LogP contribution in [-0.2, 0) is 12.6 Å². The summed E-state index contributed by atoms with van der Waals surface area (Å²) in [4.78, 5) is 10.5. The number of hydrogen-bond donors (Lipinski definition) is 1. The predicted molar refractivity (Wildman–Crippen MR) is 48.2 cm³/mol. The highest BCUT2D eigenvalue weighted by Crippen LogP contribution is 2.35. The molecule has 1 rings (SSSR count). The molecule has 1 aromatic rings. The molecule has 0 fully saturated rings. The van der Waals surface area contributed by atoms with E-state index >= 15 is 0 Å². The van der Waals surface area contributed by atoms with Crippen LogP contribution in [0.5, 0.6) is 0 Å². The number of alkyl halides is 6. The fourth-order valence-corrected chi connectivity index (χ4v) is 1.34.